The molecule has 0 aliphatic rings. The maximum Gasteiger partial charge on any atom is 0.103 e. The molecule has 2 N–H and O–H groups in total. The highest BCUT2D eigenvalue weighted by Gasteiger charge is 2.10. The van der Waals surface area contributed by atoms with Crippen molar-refractivity contribution in [3.05, 3.63) is 34.9 Å². The maximum atomic E-state index is 5.67. The number of benzene rings is 1. The molecule has 1 aromatic carbocycles. The molecule has 1 aromatic rings. The summed E-state index contributed by atoms with van der Waals surface area (Å²) < 4.78 is 0. The van der Waals surface area contributed by atoms with Crippen LogP contribution in [0.2, 0.25) is 0 Å². The predicted octanol–water partition coefficient (Wildman–Crippen LogP) is 3.50. The molecule has 0 fully saturated rings. The first-order chi connectivity index (χ1) is 8.97. The van der Waals surface area contributed by atoms with Crippen molar-refractivity contribution in [2.75, 3.05) is 13.1 Å². The van der Waals surface area contributed by atoms with Gasteiger partial charge in [-0.25, -0.2) is 0 Å². The highest BCUT2D eigenvalue weighted by Crippen LogP contribution is 2.15. The van der Waals surface area contributed by atoms with Crippen molar-refractivity contribution < 1.29 is 0 Å². The number of hydrogen-bond acceptors (Lipinski definition) is 2. The van der Waals surface area contributed by atoms with Crippen molar-refractivity contribution in [1.82, 2.24) is 4.90 Å². The predicted molar refractivity (Wildman–Crippen MR) is 87.5 cm³/mol. The van der Waals surface area contributed by atoms with Crippen molar-refractivity contribution in [2.24, 2.45) is 11.7 Å². The third-order valence-electron chi connectivity index (χ3n) is 3.74. The van der Waals surface area contributed by atoms with Crippen LogP contribution in [0.4, 0.5) is 0 Å². The zero-order valence-electron chi connectivity index (χ0n) is 12.6. The van der Waals surface area contributed by atoms with E-state index >= 15 is 0 Å². The van der Waals surface area contributed by atoms with Crippen LogP contribution in [0.5, 0.6) is 0 Å². The fraction of sp³-hybridized carbons (Fsp3) is 0.562. The van der Waals surface area contributed by atoms with Gasteiger partial charge in [0.1, 0.15) is 4.99 Å². The molecule has 1 unspecified atom stereocenters. The van der Waals surface area contributed by atoms with Gasteiger partial charge in [-0.15, -0.1) is 0 Å². The molecule has 0 radical (unpaired) electrons. The quantitative estimate of drug-likeness (QED) is 0.774. The van der Waals surface area contributed by atoms with E-state index in [1.54, 1.807) is 0 Å². The molecule has 0 amide bonds. The first kappa shape index (κ1) is 16.1. The maximum absolute atomic E-state index is 5.67. The zero-order chi connectivity index (χ0) is 14.4. The van der Waals surface area contributed by atoms with E-state index in [4.69, 9.17) is 18.0 Å². The summed E-state index contributed by atoms with van der Waals surface area (Å²) in [5.41, 5.74) is 9.26. The monoisotopic (exact) mass is 278 g/mol. The topological polar surface area (TPSA) is 29.3 Å². The Bertz CT molecular complexity index is 429. The number of hydrogen-bond donors (Lipinski definition) is 1. The smallest absolute Gasteiger partial charge is 0.103 e. The Morgan fingerprint density at radius 1 is 1.37 bits per heavy atom. The zero-order valence-corrected chi connectivity index (χ0v) is 13.4. The number of thiocarbonyl (C=S) groups is 1. The normalized spacial score (nSPS) is 12.7. The largest absolute Gasteiger partial charge is 0.389 e. The van der Waals surface area contributed by atoms with E-state index in [9.17, 15) is 0 Å². The molecule has 19 heavy (non-hydrogen) atoms. The van der Waals surface area contributed by atoms with E-state index in [0.29, 0.717) is 4.99 Å². The van der Waals surface area contributed by atoms with E-state index < -0.39 is 0 Å². The van der Waals surface area contributed by atoms with E-state index in [1.165, 1.54) is 17.5 Å². The van der Waals surface area contributed by atoms with Crippen LogP contribution in [0.25, 0.3) is 0 Å². The molecule has 1 atom stereocenters. The summed E-state index contributed by atoms with van der Waals surface area (Å²) in [4.78, 5) is 2.97. The molecule has 0 saturated heterocycles. The fourth-order valence-corrected chi connectivity index (χ4v) is 2.27. The van der Waals surface area contributed by atoms with Gasteiger partial charge in [-0.3, -0.25) is 4.90 Å². The third kappa shape index (κ3) is 4.92. The molecule has 0 saturated carbocycles. The minimum absolute atomic E-state index is 0.474. The van der Waals surface area contributed by atoms with Crippen LogP contribution in [0.3, 0.4) is 0 Å². The lowest BCUT2D eigenvalue weighted by Gasteiger charge is -2.24. The number of rotatable bonds is 7. The summed E-state index contributed by atoms with van der Waals surface area (Å²) in [6.45, 7) is 12.2. The van der Waals surface area contributed by atoms with Crippen LogP contribution in [0.15, 0.2) is 18.2 Å². The molecule has 0 aliphatic heterocycles. The average molecular weight is 278 g/mol. The first-order valence-electron chi connectivity index (χ1n) is 7.09. The van der Waals surface area contributed by atoms with E-state index in [0.717, 1.165) is 31.1 Å². The lowest BCUT2D eigenvalue weighted by Crippen LogP contribution is -2.28. The van der Waals surface area contributed by atoms with Crippen LogP contribution in [0.1, 0.15) is 43.9 Å². The Labute approximate surface area is 123 Å². The third-order valence-corrected chi connectivity index (χ3v) is 3.97. The molecule has 0 bridgehead atoms. The van der Waals surface area contributed by atoms with Gasteiger partial charge in [-0.05, 0) is 36.6 Å². The molecular weight excluding hydrogens is 252 g/mol. The Morgan fingerprint density at radius 3 is 2.53 bits per heavy atom. The second-order valence-corrected chi connectivity index (χ2v) is 5.79. The molecule has 0 spiro atoms. The van der Waals surface area contributed by atoms with Gasteiger partial charge >= 0.3 is 0 Å². The second-order valence-electron chi connectivity index (χ2n) is 5.35. The lowest BCUT2D eigenvalue weighted by molar-refractivity contribution is 0.237. The number of nitrogens with zero attached hydrogens (tertiary/aromatic N) is 1. The SMILES string of the molecule is CCC(C)CN(CC)Cc1ccc(C(N)=S)cc1C. The highest BCUT2D eigenvalue weighted by molar-refractivity contribution is 7.80. The average Bonchev–Trinajstić information content (AvgIpc) is 2.39. The van der Waals surface area contributed by atoms with Crippen LogP contribution < -0.4 is 5.73 Å². The molecule has 2 nitrogen and oxygen atoms in total. The van der Waals surface area contributed by atoms with Crippen LogP contribution in [-0.4, -0.2) is 23.0 Å². The van der Waals surface area contributed by atoms with Crippen LogP contribution in [-0.2, 0) is 6.54 Å². The summed E-state index contributed by atoms with van der Waals surface area (Å²) in [6.07, 6.45) is 1.23. The van der Waals surface area contributed by atoms with Gasteiger partial charge in [-0.2, -0.15) is 0 Å². The molecule has 1 rings (SSSR count). The minimum atomic E-state index is 0.474. The van der Waals surface area contributed by atoms with Crippen molar-refractivity contribution in [2.45, 2.75) is 40.7 Å². The van der Waals surface area contributed by atoms with Gasteiger partial charge in [0.25, 0.3) is 0 Å². The van der Waals surface area contributed by atoms with Crippen LogP contribution in [0, 0.1) is 12.8 Å². The molecular formula is C16H26N2S. The van der Waals surface area contributed by atoms with Crippen molar-refractivity contribution in [3.8, 4) is 0 Å². The van der Waals surface area contributed by atoms with Gasteiger partial charge in [0.2, 0.25) is 0 Å². The Hall–Kier alpha value is -0.930. The lowest BCUT2D eigenvalue weighted by atomic mass is 10.0. The van der Waals surface area contributed by atoms with Gasteiger partial charge < -0.3 is 5.73 Å². The number of aryl methyl sites for hydroxylation is 1. The summed E-state index contributed by atoms with van der Waals surface area (Å²) in [5, 5.41) is 0. The van der Waals surface area contributed by atoms with Gasteiger partial charge in [0.15, 0.2) is 0 Å². The second kappa shape index (κ2) is 7.61. The number of nitrogens with two attached hydrogens (primary N) is 1. The van der Waals surface area contributed by atoms with Crippen molar-refractivity contribution in [1.29, 1.82) is 0 Å². The molecule has 0 aromatic heterocycles. The summed E-state index contributed by atoms with van der Waals surface area (Å²) in [5.74, 6) is 0.746. The fourth-order valence-electron chi connectivity index (χ4n) is 2.14. The Balaban J connectivity index is 2.77. The Kier molecular flexibility index (Phi) is 6.46. The molecule has 0 aliphatic carbocycles. The van der Waals surface area contributed by atoms with Crippen molar-refractivity contribution in [3.63, 3.8) is 0 Å². The summed E-state index contributed by atoms with van der Waals surface area (Å²) >= 11 is 5.02. The van der Waals surface area contributed by atoms with Gasteiger partial charge in [0.05, 0.1) is 0 Å². The molecule has 106 valence electrons. The standard InChI is InChI=1S/C16H26N2S/c1-5-12(3)10-18(6-2)11-15-8-7-14(16(17)19)9-13(15)4/h7-9,12H,5-6,10-11H2,1-4H3,(H2,17,19). The molecule has 0 heterocycles. The van der Waals surface area contributed by atoms with Crippen LogP contribution >= 0.6 is 12.2 Å². The highest BCUT2D eigenvalue weighted by atomic mass is 32.1. The minimum Gasteiger partial charge on any atom is -0.389 e. The van der Waals surface area contributed by atoms with E-state index in [2.05, 4.69) is 44.7 Å². The molecule has 3 heteroatoms. The van der Waals surface area contributed by atoms with E-state index in [1.807, 2.05) is 6.07 Å². The van der Waals surface area contributed by atoms with Crippen molar-refractivity contribution >= 4 is 17.2 Å². The summed E-state index contributed by atoms with van der Waals surface area (Å²) in [6, 6.07) is 6.28. The Morgan fingerprint density at radius 2 is 2.05 bits per heavy atom. The van der Waals surface area contributed by atoms with Gasteiger partial charge in [-0.1, -0.05) is 51.5 Å². The van der Waals surface area contributed by atoms with Gasteiger partial charge in [0, 0.05) is 18.7 Å². The first-order valence-corrected chi connectivity index (χ1v) is 7.50. The summed E-state index contributed by atoms with van der Waals surface area (Å²) in [7, 11) is 0. The van der Waals surface area contributed by atoms with E-state index in [-0.39, 0.29) is 0 Å².